The van der Waals surface area contributed by atoms with E-state index < -0.39 is 29.3 Å². The quantitative estimate of drug-likeness (QED) is 0.224. The second-order valence-electron chi connectivity index (χ2n) is 12.3. The smallest absolute Gasteiger partial charge is 0.410 e. The second-order valence-corrected chi connectivity index (χ2v) is 12.3. The summed E-state index contributed by atoms with van der Waals surface area (Å²) in [5, 5.41) is 3.74. The third-order valence-electron chi connectivity index (χ3n) is 6.33. The highest BCUT2D eigenvalue weighted by molar-refractivity contribution is 6.06. The van der Waals surface area contributed by atoms with Crippen LogP contribution in [0.25, 0.3) is 21.9 Å². The number of esters is 1. The molecular formula is C30H45N7O5. The van der Waals surface area contributed by atoms with Crippen LogP contribution in [0, 0.1) is 0 Å². The van der Waals surface area contributed by atoms with Crippen LogP contribution in [0.5, 0.6) is 0 Å². The first-order chi connectivity index (χ1) is 19.6. The molecule has 0 unspecified atom stereocenters. The molecule has 0 bridgehead atoms. The van der Waals surface area contributed by atoms with Gasteiger partial charge in [0.15, 0.2) is 5.82 Å². The van der Waals surface area contributed by atoms with Crippen molar-refractivity contribution in [3.8, 4) is 0 Å². The Morgan fingerprint density at radius 3 is 2.36 bits per heavy atom. The fourth-order valence-corrected chi connectivity index (χ4v) is 4.45. The number of fused-ring (bicyclic) bond motifs is 3. The lowest BCUT2D eigenvalue weighted by molar-refractivity contribution is -0.155. The molecule has 3 aromatic rings. The molecule has 2 amide bonds. The van der Waals surface area contributed by atoms with Gasteiger partial charge in [-0.15, -0.1) is 0 Å². The maximum absolute atomic E-state index is 12.9. The summed E-state index contributed by atoms with van der Waals surface area (Å²) in [7, 11) is 0. The van der Waals surface area contributed by atoms with E-state index in [-0.39, 0.29) is 25.3 Å². The molecule has 0 aliphatic rings. The number of nitrogens with zero attached hydrogens (tertiary/aromatic N) is 4. The summed E-state index contributed by atoms with van der Waals surface area (Å²) in [6.45, 7) is 14.2. The monoisotopic (exact) mass is 583 g/mol. The van der Waals surface area contributed by atoms with Gasteiger partial charge in [0.1, 0.15) is 22.5 Å². The number of ether oxygens (including phenoxy) is 2. The Kier molecular flexibility index (Phi) is 10.4. The highest BCUT2D eigenvalue weighted by atomic mass is 16.6. The number of hydrogen-bond acceptors (Lipinski definition) is 9. The van der Waals surface area contributed by atoms with E-state index in [1.807, 2.05) is 56.5 Å². The molecule has 12 heteroatoms. The van der Waals surface area contributed by atoms with E-state index in [2.05, 4.69) is 10.3 Å². The van der Waals surface area contributed by atoms with Crippen molar-refractivity contribution in [2.75, 3.05) is 18.8 Å². The lowest BCUT2D eigenvalue weighted by Gasteiger charge is -2.26. The summed E-state index contributed by atoms with van der Waals surface area (Å²) in [5.74, 6) is 0.199. The minimum absolute atomic E-state index is 0.0599. The zero-order chi connectivity index (χ0) is 31.2. The molecule has 1 aromatic carbocycles. The SMILES string of the molecule is CCN(Cc1nc2c(N)nc3ccccc3c2n1CCCNC(=O)[C@@H](N)CCC(=O)OC(C)(C)C)C(=O)OC(C)(C)C. The number of benzene rings is 1. The van der Waals surface area contributed by atoms with Crippen LogP contribution in [0.4, 0.5) is 10.6 Å². The molecule has 0 saturated carbocycles. The van der Waals surface area contributed by atoms with Crippen molar-refractivity contribution in [3.05, 3.63) is 30.1 Å². The summed E-state index contributed by atoms with van der Waals surface area (Å²) < 4.78 is 12.9. The van der Waals surface area contributed by atoms with Crippen LogP contribution < -0.4 is 16.8 Å². The minimum Gasteiger partial charge on any atom is -0.460 e. The van der Waals surface area contributed by atoms with Gasteiger partial charge in [0.25, 0.3) is 0 Å². The highest BCUT2D eigenvalue weighted by Gasteiger charge is 2.25. The van der Waals surface area contributed by atoms with Crippen LogP contribution in [0.3, 0.4) is 0 Å². The van der Waals surface area contributed by atoms with Gasteiger partial charge in [-0.05, 0) is 67.4 Å². The fourth-order valence-electron chi connectivity index (χ4n) is 4.45. The molecule has 0 fully saturated rings. The van der Waals surface area contributed by atoms with Gasteiger partial charge in [-0.3, -0.25) is 9.59 Å². The van der Waals surface area contributed by atoms with Crippen molar-refractivity contribution < 1.29 is 23.9 Å². The van der Waals surface area contributed by atoms with Gasteiger partial charge in [0.2, 0.25) is 5.91 Å². The Morgan fingerprint density at radius 1 is 1.05 bits per heavy atom. The van der Waals surface area contributed by atoms with Crippen molar-refractivity contribution in [1.82, 2.24) is 24.8 Å². The van der Waals surface area contributed by atoms with Crippen LogP contribution in [0.2, 0.25) is 0 Å². The summed E-state index contributed by atoms with van der Waals surface area (Å²) in [6, 6.07) is 6.84. The van der Waals surface area contributed by atoms with Gasteiger partial charge in [-0.25, -0.2) is 14.8 Å². The van der Waals surface area contributed by atoms with Gasteiger partial charge in [0, 0.05) is 31.4 Å². The van der Waals surface area contributed by atoms with Gasteiger partial charge < -0.3 is 35.7 Å². The number of nitrogens with two attached hydrogens (primary N) is 2. The highest BCUT2D eigenvalue weighted by Crippen LogP contribution is 2.29. The molecule has 0 aliphatic heterocycles. The van der Waals surface area contributed by atoms with Gasteiger partial charge in [-0.1, -0.05) is 18.2 Å². The number of hydrogen-bond donors (Lipinski definition) is 3. The number of pyridine rings is 1. The Balaban J connectivity index is 1.77. The zero-order valence-corrected chi connectivity index (χ0v) is 25.8. The Bertz CT molecular complexity index is 1420. The van der Waals surface area contributed by atoms with Crippen LogP contribution in [-0.4, -0.2) is 67.7 Å². The molecule has 3 rings (SSSR count). The predicted octanol–water partition coefficient (Wildman–Crippen LogP) is 3.88. The Labute approximate surface area is 247 Å². The number of carbonyl (C=O) groups is 3. The van der Waals surface area contributed by atoms with Crippen LogP contribution >= 0.6 is 0 Å². The van der Waals surface area contributed by atoms with E-state index >= 15 is 0 Å². The summed E-state index contributed by atoms with van der Waals surface area (Å²) in [5.41, 5.74) is 13.2. The van der Waals surface area contributed by atoms with Gasteiger partial charge in [-0.2, -0.15) is 0 Å². The molecule has 0 saturated heterocycles. The maximum atomic E-state index is 12.9. The Hall–Kier alpha value is -3.93. The summed E-state index contributed by atoms with van der Waals surface area (Å²) in [6.07, 6.45) is 0.363. The van der Waals surface area contributed by atoms with Crippen LogP contribution in [-0.2, 0) is 32.2 Å². The van der Waals surface area contributed by atoms with E-state index in [1.165, 1.54) is 0 Å². The van der Waals surface area contributed by atoms with Crippen LogP contribution in [0.1, 0.15) is 73.6 Å². The van der Waals surface area contributed by atoms with Crippen molar-refractivity contribution in [1.29, 1.82) is 0 Å². The molecule has 1 atom stereocenters. The van der Waals surface area contributed by atoms with E-state index in [4.69, 9.17) is 25.9 Å². The standard InChI is InChI=1S/C30H45N7O5/c1-8-36(28(40)42-30(5,6)7)18-22-35-24-25(19-12-9-10-13-21(19)34-26(24)32)37(22)17-11-16-33-27(39)20(31)14-15-23(38)41-29(2,3)4/h9-10,12-13,20H,8,11,14-18,31H2,1-7H3,(H2,32,34)(H,33,39)/t20-/m0/s1. The number of imidazole rings is 1. The average molecular weight is 584 g/mol. The number of aryl methyl sites for hydroxylation is 1. The molecule has 0 aliphatic carbocycles. The molecule has 0 radical (unpaired) electrons. The van der Waals surface area contributed by atoms with Crippen molar-refractivity contribution in [2.24, 2.45) is 5.73 Å². The maximum Gasteiger partial charge on any atom is 0.410 e. The van der Waals surface area contributed by atoms with E-state index in [9.17, 15) is 14.4 Å². The average Bonchev–Trinajstić information content (AvgIpc) is 3.25. The van der Waals surface area contributed by atoms with Crippen molar-refractivity contribution >= 4 is 45.7 Å². The van der Waals surface area contributed by atoms with Gasteiger partial charge in [0.05, 0.1) is 23.6 Å². The molecule has 0 spiro atoms. The zero-order valence-electron chi connectivity index (χ0n) is 25.8. The van der Waals surface area contributed by atoms with Crippen molar-refractivity contribution in [3.63, 3.8) is 0 Å². The molecule has 12 nitrogen and oxygen atoms in total. The summed E-state index contributed by atoms with van der Waals surface area (Å²) >= 11 is 0. The number of nitrogens with one attached hydrogen (secondary N) is 1. The van der Waals surface area contributed by atoms with E-state index in [0.29, 0.717) is 43.2 Å². The molecule has 5 N–H and O–H groups in total. The number of carbonyl (C=O) groups excluding carboxylic acids is 3. The number of aromatic nitrogens is 3. The third-order valence-corrected chi connectivity index (χ3v) is 6.33. The Morgan fingerprint density at radius 2 is 1.71 bits per heavy atom. The topological polar surface area (TPSA) is 168 Å². The van der Waals surface area contributed by atoms with Gasteiger partial charge >= 0.3 is 12.1 Å². The van der Waals surface area contributed by atoms with Crippen molar-refractivity contribution in [2.45, 2.75) is 98.1 Å². The van der Waals surface area contributed by atoms with E-state index in [0.717, 1.165) is 16.4 Å². The lowest BCUT2D eigenvalue weighted by atomic mass is 10.1. The first-order valence-corrected chi connectivity index (χ1v) is 14.4. The third kappa shape index (κ3) is 8.78. The second kappa shape index (κ2) is 13.4. The molecule has 230 valence electrons. The number of amides is 2. The van der Waals surface area contributed by atoms with E-state index in [1.54, 1.807) is 25.7 Å². The molecule has 2 heterocycles. The first kappa shape index (κ1) is 32.6. The largest absolute Gasteiger partial charge is 0.460 e. The van der Waals surface area contributed by atoms with Crippen LogP contribution in [0.15, 0.2) is 24.3 Å². The fraction of sp³-hybridized carbons (Fsp3) is 0.567. The summed E-state index contributed by atoms with van der Waals surface area (Å²) in [4.78, 5) is 48.4. The number of nitrogen functional groups attached to an aromatic ring is 1. The number of rotatable bonds is 11. The number of anilines is 1. The normalized spacial score (nSPS) is 12.8. The number of para-hydroxylation sites is 1. The molecule has 2 aromatic heterocycles. The first-order valence-electron chi connectivity index (χ1n) is 14.4. The molecule has 42 heavy (non-hydrogen) atoms. The predicted molar refractivity (Wildman–Crippen MR) is 162 cm³/mol. The molecular weight excluding hydrogens is 538 g/mol. The lowest BCUT2D eigenvalue weighted by Crippen LogP contribution is -2.41. The minimum atomic E-state index is -0.830.